The zero-order valence-electron chi connectivity index (χ0n) is 50.2. The van der Waals surface area contributed by atoms with Crippen LogP contribution in [-0.4, -0.2) is 140 Å². The molecule has 2 saturated heterocycles. The van der Waals surface area contributed by atoms with Crippen LogP contribution in [-0.2, 0) is 23.7 Å². The molecule has 0 spiro atoms. The van der Waals surface area contributed by atoms with E-state index in [1.54, 1.807) is 6.08 Å². The maximum absolute atomic E-state index is 13.2. The van der Waals surface area contributed by atoms with E-state index in [0.29, 0.717) is 6.42 Å². The molecule has 1 amide bonds. The number of amides is 1. The topological polar surface area (TPSA) is 228 Å². The summed E-state index contributed by atoms with van der Waals surface area (Å²) in [5.41, 5.74) is 0. The van der Waals surface area contributed by atoms with Crippen molar-refractivity contribution < 1.29 is 64.6 Å². The summed E-state index contributed by atoms with van der Waals surface area (Å²) in [6.07, 6.45) is 59.8. The fourth-order valence-corrected chi connectivity index (χ4v) is 9.32. The monoisotopic (exact) mass is 1150 g/mol. The van der Waals surface area contributed by atoms with Gasteiger partial charge in [0.05, 0.1) is 32.0 Å². The van der Waals surface area contributed by atoms with E-state index < -0.39 is 86.8 Å². The van der Waals surface area contributed by atoms with Crippen LogP contribution in [0.5, 0.6) is 0 Å². The van der Waals surface area contributed by atoms with Crippen LogP contribution >= 0.6 is 0 Å². The Morgan fingerprint density at radius 1 is 0.451 bits per heavy atom. The van der Waals surface area contributed by atoms with Crippen molar-refractivity contribution in [3.05, 3.63) is 134 Å². The molecule has 9 N–H and O–H groups in total. The van der Waals surface area contributed by atoms with Crippen molar-refractivity contribution in [1.82, 2.24) is 5.32 Å². The summed E-state index contributed by atoms with van der Waals surface area (Å²) in [5, 5.41) is 86.6. The summed E-state index contributed by atoms with van der Waals surface area (Å²) in [6, 6.07) is -0.922. The van der Waals surface area contributed by atoms with Crippen molar-refractivity contribution in [3.8, 4) is 0 Å². The number of aliphatic hydroxyl groups is 8. The Labute approximate surface area is 494 Å². The molecule has 0 bridgehead atoms. The molecule has 0 saturated carbocycles. The molecule has 0 aromatic carbocycles. The first kappa shape index (κ1) is 74.2. The Morgan fingerprint density at radius 3 is 1.29 bits per heavy atom. The second-order valence-electron chi connectivity index (χ2n) is 21.5. The minimum atomic E-state index is -1.79. The van der Waals surface area contributed by atoms with Gasteiger partial charge in [0.25, 0.3) is 0 Å². The van der Waals surface area contributed by atoms with E-state index >= 15 is 0 Å². The van der Waals surface area contributed by atoms with Crippen LogP contribution in [0.15, 0.2) is 134 Å². The predicted octanol–water partition coefficient (Wildman–Crippen LogP) is 11.6. The van der Waals surface area contributed by atoms with Crippen molar-refractivity contribution in [2.24, 2.45) is 0 Å². The normalized spacial score (nSPS) is 24.9. The molecule has 2 aliphatic heterocycles. The van der Waals surface area contributed by atoms with Crippen molar-refractivity contribution >= 4 is 5.91 Å². The van der Waals surface area contributed by atoms with Crippen LogP contribution in [0.25, 0.3) is 0 Å². The van der Waals surface area contributed by atoms with Gasteiger partial charge >= 0.3 is 0 Å². The number of hydrogen-bond donors (Lipinski definition) is 9. The van der Waals surface area contributed by atoms with E-state index in [2.05, 4.69) is 141 Å². The van der Waals surface area contributed by atoms with E-state index in [4.69, 9.17) is 18.9 Å². The highest BCUT2D eigenvalue weighted by atomic mass is 16.7. The van der Waals surface area contributed by atoms with Crippen molar-refractivity contribution in [3.63, 3.8) is 0 Å². The summed E-state index contributed by atoms with van der Waals surface area (Å²) in [7, 11) is 0. The van der Waals surface area contributed by atoms with E-state index in [1.807, 2.05) is 6.08 Å². The molecule has 2 fully saturated rings. The Hall–Kier alpha value is -3.87. The van der Waals surface area contributed by atoms with Crippen molar-refractivity contribution in [2.45, 2.75) is 267 Å². The summed E-state index contributed by atoms with van der Waals surface area (Å²) in [5.74, 6) is -0.255. The Bertz CT molecular complexity index is 1880. The second-order valence-corrected chi connectivity index (χ2v) is 21.5. The lowest BCUT2D eigenvalue weighted by Crippen LogP contribution is -2.65. The van der Waals surface area contributed by atoms with Gasteiger partial charge in [0, 0.05) is 6.42 Å². The van der Waals surface area contributed by atoms with Crippen LogP contribution in [0.3, 0.4) is 0 Å². The SMILES string of the molecule is CC/C=C\C/C=C\C/C=C\C/C=C\C/C=C\C/C=C\C/C=C\C/C=C\C/C=C\C/C=C\CCCCCCCCCCCCC(=O)NC(COC1OC(CO)C(OC2OC(CO)C(O)C(O)C2O)C(O)C1O)C(O)/C=C/CCCCCCC. The number of allylic oxidation sites excluding steroid dienone is 21. The molecule has 466 valence electrons. The summed E-state index contributed by atoms with van der Waals surface area (Å²) in [4.78, 5) is 13.2. The van der Waals surface area contributed by atoms with Gasteiger partial charge in [-0.25, -0.2) is 0 Å². The molecular weight excluding hydrogens is 1040 g/mol. The number of aliphatic hydroxyl groups excluding tert-OH is 8. The second kappa shape index (κ2) is 51.5. The summed E-state index contributed by atoms with van der Waals surface area (Å²) < 4.78 is 22.7. The van der Waals surface area contributed by atoms with Gasteiger partial charge in [-0.05, 0) is 96.3 Å². The van der Waals surface area contributed by atoms with E-state index in [9.17, 15) is 45.6 Å². The molecule has 12 unspecified atom stereocenters. The molecule has 0 aliphatic carbocycles. The number of carbonyl (C=O) groups is 1. The van der Waals surface area contributed by atoms with Crippen molar-refractivity contribution in [2.75, 3.05) is 19.8 Å². The molecular formula is C68H111NO13. The molecule has 2 aliphatic rings. The Kier molecular flexibility index (Phi) is 46.7. The fraction of sp³-hybridized carbons (Fsp3) is 0.662. The largest absolute Gasteiger partial charge is 0.394 e. The number of hydrogen-bond acceptors (Lipinski definition) is 13. The first-order chi connectivity index (χ1) is 40.1. The van der Waals surface area contributed by atoms with Crippen LogP contribution in [0.2, 0.25) is 0 Å². The first-order valence-electron chi connectivity index (χ1n) is 31.4. The molecule has 0 aromatic heterocycles. The van der Waals surface area contributed by atoms with Crippen LogP contribution < -0.4 is 5.32 Å². The molecule has 82 heavy (non-hydrogen) atoms. The fourth-order valence-electron chi connectivity index (χ4n) is 9.32. The molecule has 14 nitrogen and oxygen atoms in total. The zero-order chi connectivity index (χ0) is 59.5. The average Bonchev–Trinajstić information content (AvgIpc) is 3.65. The van der Waals surface area contributed by atoms with Crippen LogP contribution in [0, 0.1) is 0 Å². The van der Waals surface area contributed by atoms with Gasteiger partial charge in [0.1, 0.15) is 48.8 Å². The highest BCUT2D eigenvalue weighted by Gasteiger charge is 2.51. The lowest BCUT2D eigenvalue weighted by molar-refractivity contribution is -0.359. The number of rotatable bonds is 48. The summed E-state index contributed by atoms with van der Waals surface area (Å²) in [6.45, 7) is 2.58. The van der Waals surface area contributed by atoms with Gasteiger partial charge in [-0.3, -0.25) is 4.79 Å². The standard InChI is InChI=1S/C68H111NO13/c1-3-5-7-9-11-12-13-14-15-16-17-18-19-20-21-22-23-24-25-26-27-28-29-30-31-32-33-34-35-36-37-38-39-40-41-42-43-44-46-48-50-52-60(73)69-56(57(72)51-49-47-45-10-8-6-4-2)55-79-67-65(78)63(76)66(59(54-71)81-67)82-68-64(77)62(75)61(74)58(53-70)80-68/h5,7,11-12,14-15,17-18,20-21,23-24,26-27,29-30,32-33,35-36,49,51,56-59,61-68,70-72,74-78H,3-4,6,8-10,13,16,19,22,25,28,31,34,37-48,50,52-55H2,1-2H3,(H,69,73)/b7-5-,12-11-,15-14-,18-17-,21-20-,24-23-,27-26-,30-29-,33-32-,36-35-,51-49+. The van der Waals surface area contributed by atoms with Gasteiger partial charge in [0.15, 0.2) is 12.6 Å². The lowest BCUT2D eigenvalue weighted by Gasteiger charge is -2.46. The average molecular weight is 1150 g/mol. The van der Waals surface area contributed by atoms with E-state index in [0.717, 1.165) is 122 Å². The van der Waals surface area contributed by atoms with Crippen molar-refractivity contribution in [1.29, 1.82) is 0 Å². The number of nitrogens with one attached hydrogen (secondary N) is 1. The molecule has 2 rings (SSSR count). The minimum absolute atomic E-state index is 0.255. The quantitative estimate of drug-likeness (QED) is 0.0204. The number of carbonyl (C=O) groups excluding carboxylic acids is 1. The van der Waals surface area contributed by atoms with Gasteiger partial charge in [-0.1, -0.05) is 225 Å². The third kappa shape index (κ3) is 36.1. The van der Waals surface area contributed by atoms with Crippen LogP contribution in [0.4, 0.5) is 0 Å². The van der Waals surface area contributed by atoms with Crippen LogP contribution in [0.1, 0.15) is 194 Å². The van der Waals surface area contributed by atoms with Gasteiger partial charge < -0.3 is 65.1 Å². The third-order valence-corrected chi connectivity index (χ3v) is 14.3. The van der Waals surface area contributed by atoms with Gasteiger partial charge in [0.2, 0.25) is 5.91 Å². The van der Waals surface area contributed by atoms with Gasteiger partial charge in [-0.2, -0.15) is 0 Å². The molecule has 2 heterocycles. The Morgan fingerprint density at radius 2 is 0.841 bits per heavy atom. The maximum atomic E-state index is 13.2. The number of ether oxygens (including phenoxy) is 4. The first-order valence-corrected chi connectivity index (χ1v) is 31.4. The molecule has 14 heteroatoms. The molecule has 0 aromatic rings. The van der Waals surface area contributed by atoms with E-state index in [-0.39, 0.29) is 18.9 Å². The molecule has 0 radical (unpaired) electrons. The van der Waals surface area contributed by atoms with Gasteiger partial charge in [-0.15, -0.1) is 0 Å². The smallest absolute Gasteiger partial charge is 0.220 e. The zero-order valence-corrected chi connectivity index (χ0v) is 50.2. The summed E-state index contributed by atoms with van der Waals surface area (Å²) >= 11 is 0. The highest BCUT2D eigenvalue weighted by Crippen LogP contribution is 2.30. The predicted molar refractivity (Wildman–Crippen MR) is 331 cm³/mol. The number of unbranched alkanes of at least 4 members (excludes halogenated alkanes) is 15. The van der Waals surface area contributed by atoms with E-state index in [1.165, 1.54) is 44.9 Å². The third-order valence-electron chi connectivity index (χ3n) is 14.3. The highest BCUT2D eigenvalue weighted by molar-refractivity contribution is 5.76. The molecule has 12 atom stereocenters. The maximum Gasteiger partial charge on any atom is 0.220 e. The lowest BCUT2D eigenvalue weighted by atomic mass is 9.97. The Balaban J connectivity index is 1.55. The minimum Gasteiger partial charge on any atom is -0.394 e.